The van der Waals surface area contributed by atoms with Crippen molar-refractivity contribution in [1.82, 2.24) is 15.2 Å². The van der Waals surface area contributed by atoms with Crippen LogP contribution in [0.4, 0.5) is 4.39 Å². The number of fused-ring (bicyclic) bond motifs is 2. The van der Waals surface area contributed by atoms with Crippen LogP contribution in [0.15, 0.2) is 42.6 Å². The second-order valence-corrected chi connectivity index (χ2v) is 7.38. The Bertz CT molecular complexity index is 854. The minimum absolute atomic E-state index is 0.0269. The topological polar surface area (TPSA) is 62.3 Å². The van der Waals surface area contributed by atoms with Crippen molar-refractivity contribution in [2.24, 2.45) is 0 Å². The molecule has 2 aromatic rings. The molecular weight excluding hydrogens is 345 g/mol. The molecule has 4 rings (SSSR count). The molecular formula is C21H22FN3O2. The summed E-state index contributed by atoms with van der Waals surface area (Å²) in [5.74, 6) is -0.513. The van der Waals surface area contributed by atoms with Gasteiger partial charge in [-0.15, -0.1) is 0 Å². The minimum atomic E-state index is -0.359. The predicted molar refractivity (Wildman–Crippen MR) is 98.8 cm³/mol. The molecule has 2 bridgehead atoms. The van der Waals surface area contributed by atoms with Crippen LogP contribution in [-0.2, 0) is 0 Å². The van der Waals surface area contributed by atoms with Gasteiger partial charge in [0.15, 0.2) is 0 Å². The molecule has 27 heavy (non-hydrogen) atoms. The highest BCUT2D eigenvalue weighted by molar-refractivity contribution is 5.96. The van der Waals surface area contributed by atoms with E-state index in [0.717, 1.165) is 31.4 Å². The van der Waals surface area contributed by atoms with Crippen LogP contribution >= 0.6 is 0 Å². The van der Waals surface area contributed by atoms with Gasteiger partial charge in [-0.3, -0.25) is 14.6 Å². The van der Waals surface area contributed by atoms with Crippen LogP contribution in [0, 0.1) is 12.7 Å². The molecule has 2 fully saturated rings. The van der Waals surface area contributed by atoms with Gasteiger partial charge < -0.3 is 10.2 Å². The van der Waals surface area contributed by atoms with Crippen LogP contribution < -0.4 is 5.32 Å². The molecule has 0 radical (unpaired) electrons. The Balaban J connectivity index is 1.44. The van der Waals surface area contributed by atoms with Crippen molar-refractivity contribution in [3.8, 4) is 0 Å². The van der Waals surface area contributed by atoms with Crippen LogP contribution in [0.25, 0.3) is 0 Å². The summed E-state index contributed by atoms with van der Waals surface area (Å²) in [7, 11) is 0. The predicted octanol–water partition coefficient (Wildman–Crippen LogP) is 3.09. The monoisotopic (exact) mass is 367 g/mol. The van der Waals surface area contributed by atoms with E-state index in [4.69, 9.17) is 0 Å². The van der Waals surface area contributed by atoms with E-state index in [1.165, 1.54) is 24.3 Å². The summed E-state index contributed by atoms with van der Waals surface area (Å²) in [6, 6.07) is 9.46. The summed E-state index contributed by atoms with van der Waals surface area (Å²) in [6.07, 6.45) is 5.10. The van der Waals surface area contributed by atoms with Crippen molar-refractivity contribution in [2.75, 3.05) is 0 Å². The number of halogens is 1. The lowest BCUT2D eigenvalue weighted by atomic mass is 9.95. The maximum atomic E-state index is 13.0. The molecule has 140 valence electrons. The van der Waals surface area contributed by atoms with Crippen molar-refractivity contribution in [3.05, 3.63) is 65.2 Å². The van der Waals surface area contributed by atoms with Gasteiger partial charge in [0, 0.05) is 35.6 Å². The fraction of sp³-hybridized carbons (Fsp3) is 0.381. The van der Waals surface area contributed by atoms with Crippen LogP contribution in [0.3, 0.4) is 0 Å². The number of nitrogens with one attached hydrogen (secondary N) is 1. The third-order valence-corrected chi connectivity index (χ3v) is 5.65. The highest BCUT2D eigenvalue weighted by Crippen LogP contribution is 2.37. The van der Waals surface area contributed by atoms with E-state index in [0.29, 0.717) is 11.1 Å². The average Bonchev–Trinajstić information content (AvgIpc) is 2.93. The first kappa shape index (κ1) is 17.6. The summed E-state index contributed by atoms with van der Waals surface area (Å²) >= 11 is 0. The molecule has 2 amide bonds. The minimum Gasteiger partial charge on any atom is -0.349 e. The molecule has 6 heteroatoms. The number of amides is 2. The number of aromatic nitrogens is 1. The van der Waals surface area contributed by atoms with Crippen LogP contribution in [0.5, 0.6) is 0 Å². The van der Waals surface area contributed by atoms with E-state index >= 15 is 0 Å². The molecule has 1 aromatic heterocycles. The van der Waals surface area contributed by atoms with Gasteiger partial charge in [0.05, 0.1) is 5.56 Å². The van der Waals surface area contributed by atoms with Gasteiger partial charge in [-0.25, -0.2) is 4.39 Å². The Hall–Kier alpha value is -2.76. The van der Waals surface area contributed by atoms with E-state index in [-0.39, 0.29) is 35.8 Å². The number of benzene rings is 1. The van der Waals surface area contributed by atoms with Crippen LogP contribution in [-0.4, -0.2) is 39.8 Å². The van der Waals surface area contributed by atoms with E-state index in [9.17, 15) is 14.0 Å². The maximum absolute atomic E-state index is 13.0. The highest BCUT2D eigenvalue weighted by Gasteiger charge is 2.44. The third-order valence-electron chi connectivity index (χ3n) is 5.65. The van der Waals surface area contributed by atoms with Crippen molar-refractivity contribution in [2.45, 2.75) is 50.7 Å². The van der Waals surface area contributed by atoms with Gasteiger partial charge in [-0.1, -0.05) is 0 Å². The number of carbonyl (C=O) groups excluding carboxylic acids is 2. The van der Waals surface area contributed by atoms with E-state index in [2.05, 4.69) is 10.3 Å². The second-order valence-electron chi connectivity index (χ2n) is 7.38. The van der Waals surface area contributed by atoms with Gasteiger partial charge in [0.25, 0.3) is 11.8 Å². The Morgan fingerprint density at radius 3 is 2.41 bits per heavy atom. The molecule has 2 aliphatic rings. The molecule has 3 atom stereocenters. The lowest BCUT2D eigenvalue weighted by Crippen LogP contribution is -2.52. The first-order valence-electron chi connectivity index (χ1n) is 9.33. The van der Waals surface area contributed by atoms with Crippen molar-refractivity contribution in [1.29, 1.82) is 0 Å². The number of hydrogen-bond acceptors (Lipinski definition) is 3. The number of carbonyl (C=O) groups is 2. The fourth-order valence-electron chi connectivity index (χ4n) is 4.35. The number of aryl methyl sites for hydroxylation is 1. The van der Waals surface area contributed by atoms with Gasteiger partial charge in [-0.2, -0.15) is 0 Å². The molecule has 0 aliphatic carbocycles. The first-order chi connectivity index (χ1) is 13.0. The zero-order valence-corrected chi connectivity index (χ0v) is 15.2. The maximum Gasteiger partial charge on any atom is 0.256 e. The summed E-state index contributed by atoms with van der Waals surface area (Å²) < 4.78 is 13.0. The second kappa shape index (κ2) is 7.10. The Labute approximate surface area is 157 Å². The molecule has 1 N–H and O–H groups in total. The standard InChI is InChI=1S/C21H22FN3O2/c1-13-19(3-2-10-23-13)21(27)25-17-8-9-18(25)12-16(11-17)24-20(26)14-4-6-15(22)7-5-14/h2-7,10,16-18H,8-9,11-12H2,1H3,(H,24,26)/t16?,17-,18+. The van der Waals surface area contributed by atoms with Gasteiger partial charge in [0.1, 0.15) is 5.82 Å². The molecule has 0 spiro atoms. The van der Waals surface area contributed by atoms with Crippen molar-refractivity contribution < 1.29 is 14.0 Å². The van der Waals surface area contributed by atoms with Gasteiger partial charge in [0.2, 0.25) is 0 Å². The Kier molecular flexibility index (Phi) is 4.64. The number of pyridine rings is 1. The average molecular weight is 367 g/mol. The summed E-state index contributed by atoms with van der Waals surface area (Å²) in [6.45, 7) is 1.85. The first-order valence-corrected chi connectivity index (χ1v) is 9.33. The lowest BCUT2D eigenvalue weighted by Gasteiger charge is -2.39. The number of hydrogen-bond donors (Lipinski definition) is 1. The van der Waals surface area contributed by atoms with Crippen molar-refractivity contribution >= 4 is 11.8 Å². The number of nitrogens with zero attached hydrogens (tertiary/aromatic N) is 2. The largest absolute Gasteiger partial charge is 0.349 e. The third kappa shape index (κ3) is 3.44. The van der Waals surface area contributed by atoms with E-state index in [1.807, 2.05) is 17.9 Å². The smallest absolute Gasteiger partial charge is 0.256 e. The molecule has 3 heterocycles. The number of piperidine rings is 1. The molecule has 5 nitrogen and oxygen atoms in total. The normalized spacial score (nSPS) is 23.9. The summed E-state index contributed by atoms with van der Waals surface area (Å²) in [4.78, 5) is 31.7. The Morgan fingerprint density at radius 2 is 1.78 bits per heavy atom. The molecule has 1 aromatic carbocycles. The lowest BCUT2D eigenvalue weighted by molar-refractivity contribution is 0.0548. The SMILES string of the molecule is Cc1ncccc1C(=O)N1[C@@H]2CC[C@H]1CC(NC(=O)c1ccc(F)cc1)C2. The van der Waals surface area contributed by atoms with E-state index in [1.54, 1.807) is 12.3 Å². The van der Waals surface area contributed by atoms with Gasteiger partial charge >= 0.3 is 0 Å². The fourth-order valence-corrected chi connectivity index (χ4v) is 4.35. The zero-order chi connectivity index (χ0) is 19.0. The summed E-state index contributed by atoms with van der Waals surface area (Å²) in [5.41, 5.74) is 1.85. The van der Waals surface area contributed by atoms with Gasteiger partial charge in [-0.05, 0) is 69.0 Å². The molecule has 0 saturated carbocycles. The molecule has 1 unspecified atom stereocenters. The zero-order valence-electron chi connectivity index (χ0n) is 15.2. The van der Waals surface area contributed by atoms with Crippen LogP contribution in [0.2, 0.25) is 0 Å². The highest BCUT2D eigenvalue weighted by atomic mass is 19.1. The number of rotatable bonds is 3. The van der Waals surface area contributed by atoms with Crippen molar-refractivity contribution in [3.63, 3.8) is 0 Å². The Morgan fingerprint density at radius 1 is 1.11 bits per heavy atom. The quantitative estimate of drug-likeness (QED) is 0.907. The van der Waals surface area contributed by atoms with Crippen LogP contribution in [0.1, 0.15) is 52.1 Å². The van der Waals surface area contributed by atoms with E-state index < -0.39 is 0 Å². The molecule has 2 saturated heterocycles. The summed E-state index contributed by atoms with van der Waals surface area (Å²) in [5, 5.41) is 3.05. The molecule has 2 aliphatic heterocycles.